The maximum atomic E-state index is 14.2. The number of rotatable bonds is 6. The molecule has 0 spiro atoms. The van der Waals surface area contributed by atoms with Crippen molar-refractivity contribution in [3.8, 4) is 5.75 Å². The molecule has 0 heterocycles. The molecule has 4 bridgehead atoms. The van der Waals surface area contributed by atoms with Gasteiger partial charge in [-0.2, -0.15) is 13.1 Å². The van der Waals surface area contributed by atoms with Crippen LogP contribution in [0.1, 0.15) is 38.5 Å². The van der Waals surface area contributed by atoms with Gasteiger partial charge in [-0.25, -0.2) is 8.78 Å². The van der Waals surface area contributed by atoms with Gasteiger partial charge in [-0.3, -0.25) is 5.04 Å². The molecule has 0 atom stereocenters. The largest absolute Gasteiger partial charge is 0.691 e. The summed E-state index contributed by atoms with van der Waals surface area (Å²) < 4.78 is 65.4. The summed E-state index contributed by atoms with van der Waals surface area (Å²) >= 11 is -0.244. The zero-order valence-electron chi connectivity index (χ0n) is 13.7. The summed E-state index contributed by atoms with van der Waals surface area (Å²) in [5.41, 5.74) is -0.173. The van der Waals surface area contributed by atoms with E-state index in [9.17, 15) is 22.8 Å². The van der Waals surface area contributed by atoms with Gasteiger partial charge in [0.1, 0.15) is 4.90 Å². The number of benzene rings is 1. The van der Waals surface area contributed by atoms with Crippen molar-refractivity contribution in [1.82, 2.24) is 0 Å². The molecule has 5 rings (SSSR count). The molecule has 9 heteroatoms. The molecular weight excluding hydrogens is 376 g/mol. The SMILES string of the molecule is [O-]OOSc1c(F)c(F)c(OCC23CC4CC(CC(C4)C2)C3)c(F)c1F. The van der Waals surface area contributed by atoms with Crippen LogP contribution in [0.5, 0.6) is 5.75 Å². The highest BCUT2D eigenvalue weighted by Gasteiger charge is 2.51. The Hall–Kier alpha value is -1.03. The molecule has 0 aliphatic heterocycles. The topological polar surface area (TPSA) is 50.8 Å². The number of hydrogen-bond acceptors (Lipinski definition) is 5. The van der Waals surface area contributed by atoms with Crippen molar-refractivity contribution in [3.63, 3.8) is 0 Å². The van der Waals surface area contributed by atoms with Crippen LogP contribution in [0.15, 0.2) is 4.90 Å². The van der Waals surface area contributed by atoms with Gasteiger partial charge in [-0.15, -0.1) is 0 Å². The van der Waals surface area contributed by atoms with Gasteiger partial charge in [0.2, 0.25) is 11.6 Å². The van der Waals surface area contributed by atoms with Crippen molar-refractivity contribution >= 4 is 12.0 Å². The van der Waals surface area contributed by atoms with Gasteiger partial charge in [0, 0.05) is 5.41 Å². The second kappa shape index (κ2) is 6.85. The molecule has 4 aliphatic rings. The summed E-state index contributed by atoms with van der Waals surface area (Å²) in [6.07, 6.45) is 6.36. The summed E-state index contributed by atoms with van der Waals surface area (Å²) in [5, 5.41) is 12.7. The minimum absolute atomic E-state index is 0.0376. The minimum Gasteiger partial charge on any atom is -0.691 e. The average molecular weight is 393 g/mol. The Kier molecular flexibility index (Phi) is 4.83. The van der Waals surface area contributed by atoms with Crippen LogP contribution in [-0.2, 0) is 9.37 Å². The van der Waals surface area contributed by atoms with Gasteiger partial charge >= 0.3 is 0 Å². The highest BCUT2D eigenvalue weighted by atomic mass is 32.2. The Morgan fingerprint density at radius 3 is 1.85 bits per heavy atom. The van der Waals surface area contributed by atoms with Crippen LogP contribution in [-0.4, -0.2) is 6.61 Å². The van der Waals surface area contributed by atoms with E-state index in [1.54, 1.807) is 0 Å². The maximum absolute atomic E-state index is 14.2. The van der Waals surface area contributed by atoms with Crippen LogP contribution in [0.25, 0.3) is 0 Å². The smallest absolute Gasteiger partial charge is 0.205 e. The van der Waals surface area contributed by atoms with Crippen molar-refractivity contribution < 1.29 is 36.9 Å². The molecule has 0 N–H and O–H groups in total. The van der Waals surface area contributed by atoms with Gasteiger partial charge in [-0.05, 0) is 56.3 Å². The van der Waals surface area contributed by atoms with Crippen LogP contribution in [0.3, 0.4) is 0 Å². The third-order valence-electron chi connectivity index (χ3n) is 6.02. The maximum Gasteiger partial charge on any atom is 0.205 e. The fourth-order valence-electron chi connectivity index (χ4n) is 5.53. The molecule has 0 saturated heterocycles. The molecule has 4 aliphatic carbocycles. The van der Waals surface area contributed by atoms with Crippen LogP contribution < -0.4 is 9.99 Å². The fraction of sp³-hybridized carbons (Fsp3) is 0.647. The van der Waals surface area contributed by atoms with E-state index in [2.05, 4.69) is 9.37 Å². The van der Waals surface area contributed by atoms with Crippen molar-refractivity contribution in [1.29, 1.82) is 0 Å². The molecule has 1 aromatic carbocycles. The van der Waals surface area contributed by atoms with Crippen molar-refractivity contribution in [2.75, 3.05) is 6.61 Å². The number of halogens is 4. The van der Waals surface area contributed by atoms with Crippen molar-refractivity contribution in [3.05, 3.63) is 23.3 Å². The van der Waals surface area contributed by atoms with Gasteiger partial charge in [0.25, 0.3) is 0 Å². The lowest BCUT2D eigenvalue weighted by molar-refractivity contribution is -0.777. The van der Waals surface area contributed by atoms with E-state index in [0.717, 1.165) is 19.3 Å². The molecule has 0 radical (unpaired) electrons. The minimum atomic E-state index is -1.69. The Labute approximate surface area is 151 Å². The summed E-state index contributed by atoms with van der Waals surface area (Å²) in [4.78, 5) is -1.14. The van der Waals surface area contributed by atoms with E-state index in [0.29, 0.717) is 17.8 Å². The molecule has 4 fully saturated rings. The summed E-state index contributed by atoms with van der Waals surface area (Å²) in [5.74, 6) is -5.92. The van der Waals surface area contributed by atoms with Gasteiger partial charge in [0.05, 0.1) is 18.6 Å². The number of ether oxygens (including phenoxy) is 1. The summed E-state index contributed by atoms with van der Waals surface area (Å²) in [7, 11) is 0. The van der Waals surface area contributed by atoms with Gasteiger partial charge < -0.3 is 9.99 Å². The molecule has 0 unspecified atom stereocenters. The summed E-state index contributed by atoms with van der Waals surface area (Å²) in [6.45, 7) is 0.0376. The first kappa shape index (κ1) is 18.3. The fourth-order valence-corrected chi connectivity index (χ4v) is 5.95. The Bertz CT molecular complexity index is 650. The lowest BCUT2D eigenvalue weighted by atomic mass is 9.50. The van der Waals surface area contributed by atoms with E-state index in [4.69, 9.17) is 4.74 Å². The van der Waals surface area contributed by atoms with Crippen LogP contribution in [0.2, 0.25) is 0 Å². The van der Waals surface area contributed by atoms with Gasteiger partial charge in [0.15, 0.2) is 17.4 Å². The molecule has 0 amide bonds. The van der Waals surface area contributed by atoms with Gasteiger partial charge in [-0.1, -0.05) is 0 Å². The van der Waals surface area contributed by atoms with E-state index >= 15 is 0 Å². The van der Waals surface area contributed by atoms with E-state index in [1.807, 2.05) is 0 Å². The highest BCUT2D eigenvalue weighted by Crippen LogP contribution is 2.60. The molecule has 144 valence electrons. The monoisotopic (exact) mass is 393 g/mol. The Morgan fingerprint density at radius 1 is 0.885 bits per heavy atom. The predicted molar refractivity (Wildman–Crippen MR) is 80.4 cm³/mol. The predicted octanol–water partition coefficient (Wildman–Crippen LogP) is 4.07. The van der Waals surface area contributed by atoms with Crippen molar-refractivity contribution in [2.24, 2.45) is 23.2 Å². The third-order valence-corrected chi connectivity index (χ3v) is 6.66. The van der Waals surface area contributed by atoms with E-state index in [-0.39, 0.29) is 24.1 Å². The lowest BCUT2D eigenvalue weighted by Crippen LogP contribution is -2.48. The number of hydrogen-bond donors (Lipinski definition) is 0. The quantitative estimate of drug-likeness (QED) is 0.240. The second-order valence-electron chi connectivity index (χ2n) is 7.84. The van der Waals surface area contributed by atoms with E-state index in [1.165, 1.54) is 19.3 Å². The van der Waals surface area contributed by atoms with Crippen LogP contribution in [0.4, 0.5) is 17.6 Å². The molecule has 4 nitrogen and oxygen atoms in total. The van der Waals surface area contributed by atoms with Crippen LogP contribution in [0, 0.1) is 46.4 Å². The molecular formula is C17H17F4O4S-. The van der Waals surface area contributed by atoms with Crippen LogP contribution >= 0.6 is 12.0 Å². The van der Waals surface area contributed by atoms with Crippen molar-refractivity contribution in [2.45, 2.75) is 43.4 Å². The highest BCUT2D eigenvalue weighted by molar-refractivity contribution is 7.94. The second-order valence-corrected chi connectivity index (χ2v) is 8.55. The summed E-state index contributed by atoms with van der Waals surface area (Å²) in [6, 6.07) is 0. The average Bonchev–Trinajstić information content (AvgIpc) is 2.59. The Morgan fingerprint density at radius 2 is 1.38 bits per heavy atom. The molecule has 4 saturated carbocycles. The zero-order chi connectivity index (χ0) is 18.5. The lowest BCUT2D eigenvalue weighted by Gasteiger charge is -2.56. The van der Waals surface area contributed by atoms with E-state index < -0.39 is 33.9 Å². The first-order valence-electron chi connectivity index (χ1n) is 8.54. The zero-order valence-corrected chi connectivity index (χ0v) is 14.6. The molecule has 26 heavy (non-hydrogen) atoms. The first-order valence-corrected chi connectivity index (χ1v) is 9.28. The molecule has 0 aromatic heterocycles. The third kappa shape index (κ3) is 3.08. The Balaban J connectivity index is 1.55. The standard InChI is InChI=1S/C17H18F4O4S/c18-11-13(20)16(26-25-24-22)14(21)12(19)15(11)23-7-17-4-8-1-9(5-17)3-10(2-8)6-17/h8-10,22H,1-7H2/p-1. The molecule has 1 aromatic rings. The normalized spacial score (nSPS) is 32.3. The first-order chi connectivity index (χ1) is 12.4.